The van der Waals surface area contributed by atoms with E-state index in [1.54, 1.807) is 7.11 Å². The number of rotatable bonds is 11. The first-order chi connectivity index (χ1) is 13.7. The van der Waals surface area contributed by atoms with Crippen LogP contribution < -0.4 is 5.32 Å². The Hall–Kier alpha value is -0.900. The van der Waals surface area contributed by atoms with Gasteiger partial charge in [0.1, 0.15) is 0 Å². The number of nitrogens with one attached hydrogen (secondary N) is 1. The van der Waals surface area contributed by atoms with E-state index in [1.165, 1.54) is 11.1 Å². The molecule has 0 radical (unpaired) electrons. The van der Waals surface area contributed by atoms with Gasteiger partial charge in [-0.05, 0) is 30.6 Å². The molecule has 1 N–H and O–H groups in total. The first-order valence-corrected chi connectivity index (χ1v) is 10.5. The fraction of sp³-hybridized carbons (Fsp3) is 0.682. The van der Waals surface area contributed by atoms with Crippen LogP contribution >= 0.6 is 24.0 Å². The lowest BCUT2D eigenvalue weighted by atomic mass is 10.1. The quantitative estimate of drug-likeness (QED) is 0.211. The third-order valence-corrected chi connectivity index (χ3v) is 5.36. The third kappa shape index (κ3) is 9.19. The van der Waals surface area contributed by atoms with Gasteiger partial charge in [-0.25, -0.2) is 0 Å². The summed E-state index contributed by atoms with van der Waals surface area (Å²) < 4.78 is 10.7. The van der Waals surface area contributed by atoms with Crippen LogP contribution in [-0.4, -0.2) is 75.9 Å². The van der Waals surface area contributed by atoms with Crippen LogP contribution in [0, 0.1) is 5.92 Å². The zero-order chi connectivity index (χ0) is 20.2. The van der Waals surface area contributed by atoms with Crippen LogP contribution in [0.15, 0.2) is 29.3 Å². The molecule has 166 valence electrons. The number of hydrogen-bond acceptors (Lipinski definition) is 4. The van der Waals surface area contributed by atoms with Crippen molar-refractivity contribution in [3.8, 4) is 0 Å². The number of methoxy groups -OCH3 is 1. The first kappa shape index (κ1) is 26.1. The third-order valence-electron chi connectivity index (χ3n) is 5.36. The number of aliphatic imine (C=N–C) groups is 1. The average molecular weight is 518 g/mol. The van der Waals surface area contributed by atoms with Gasteiger partial charge in [-0.2, -0.15) is 0 Å². The SMILES string of the molecule is CCN(CC)Cc1ccc(CNC(=NC)N2CCC(COCCOC)C2)cc1.I. The zero-order valence-electron chi connectivity index (χ0n) is 18.5. The average Bonchev–Trinajstić information content (AvgIpc) is 3.19. The fourth-order valence-electron chi connectivity index (χ4n) is 3.53. The van der Waals surface area contributed by atoms with Crippen molar-refractivity contribution < 1.29 is 9.47 Å². The Morgan fingerprint density at radius 3 is 2.48 bits per heavy atom. The zero-order valence-corrected chi connectivity index (χ0v) is 20.9. The molecular formula is C22H39IN4O2. The Labute approximate surface area is 194 Å². The molecule has 0 saturated carbocycles. The highest BCUT2D eigenvalue weighted by molar-refractivity contribution is 14.0. The second-order valence-electron chi connectivity index (χ2n) is 7.35. The summed E-state index contributed by atoms with van der Waals surface area (Å²) >= 11 is 0. The molecule has 1 aliphatic heterocycles. The molecule has 1 atom stereocenters. The molecule has 0 bridgehead atoms. The molecule has 29 heavy (non-hydrogen) atoms. The minimum absolute atomic E-state index is 0. The molecule has 1 unspecified atom stereocenters. The Bertz CT molecular complexity index is 579. The van der Waals surface area contributed by atoms with Gasteiger partial charge in [0.2, 0.25) is 0 Å². The fourth-order valence-corrected chi connectivity index (χ4v) is 3.53. The molecular weight excluding hydrogens is 479 g/mol. The van der Waals surface area contributed by atoms with E-state index in [0.717, 1.165) is 58.3 Å². The van der Waals surface area contributed by atoms with Crippen molar-refractivity contribution in [3.05, 3.63) is 35.4 Å². The van der Waals surface area contributed by atoms with E-state index < -0.39 is 0 Å². The topological polar surface area (TPSA) is 49.3 Å². The van der Waals surface area contributed by atoms with Crippen LogP contribution in [0.4, 0.5) is 0 Å². The van der Waals surface area contributed by atoms with Crippen molar-refractivity contribution in [2.45, 2.75) is 33.4 Å². The maximum atomic E-state index is 5.69. The van der Waals surface area contributed by atoms with Gasteiger partial charge in [0.15, 0.2) is 5.96 Å². The summed E-state index contributed by atoms with van der Waals surface area (Å²) in [4.78, 5) is 9.23. The van der Waals surface area contributed by atoms with Gasteiger partial charge in [-0.3, -0.25) is 9.89 Å². The second-order valence-corrected chi connectivity index (χ2v) is 7.35. The normalized spacial score (nSPS) is 16.9. The molecule has 0 spiro atoms. The second kappa shape index (κ2) is 15.0. The minimum Gasteiger partial charge on any atom is -0.382 e. The molecule has 6 nitrogen and oxygen atoms in total. The Kier molecular flexibility index (Phi) is 13.5. The summed E-state index contributed by atoms with van der Waals surface area (Å²) in [5.41, 5.74) is 2.65. The molecule has 1 aromatic rings. The lowest BCUT2D eigenvalue weighted by molar-refractivity contribution is 0.0536. The van der Waals surface area contributed by atoms with Gasteiger partial charge in [0.25, 0.3) is 0 Å². The van der Waals surface area contributed by atoms with Crippen molar-refractivity contribution in [3.63, 3.8) is 0 Å². The monoisotopic (exact) mass is 518 g/mol. The highest BCUT2D eigenvalue weighted by atomic mass is 127. The van der Waals surface area contributed by atoms with Crippen LogP contribution in [0.3, 0.4) is 0 Å². The van der Waals surface area contributed by atoms with Gasteiger partial charge >= 0.3 is 0 Å². The summed E-state index contributed by atoms with van der Waals surface area (Å²) in [5, 5.41) is 3.51. The molecule has 0 aliphatic carbocycles. The van der Waals surface area contributed by atoms with Gasteiger partial charge < -0.3 is 19.7 Å². The smallest absolute Gasteiger partial charge is 0.193 e. The number of nitrogens with zero attached hydrogens (tertiary/aromatic N) is 3. The first-order valence-electron chi connectivity index (χ1n) is 10.5. The van der Waals surface area contributed by atoms with Crippen molar-refractivity contribution >= 4 is 29.9 Å². The van der Waals surface area contributed by atoms with Gasteiger partial charge in [-0.15, -0.1) is 24.0 Å². The number of ether oxygens (including phenoxy) is 2. The molecule has 0 amide bonds. The number of halogens is 1. The molecule has 1 aromatic carbocycles. The number of guanidine groups is 1. The minimum atomic E-state index is 0. The Morgan fingerprint density at radius 2 is 1.86 bits per heavy atom. The van der Waals surface area contributed by atoms with Crippen molar-refractivity contribution in [2.75, 3.05) is 60.2 Å². The van der Waals surface area contributed by atoms with Gasteiger partial charge in [0.05, 0.1) is 19.8 Å². The highest BCUT2D eigenvalue weighted by Crippen LogP contribution is 2.17. The van der Waals surface area contributed by atoms with Crippen molar-refractivity contribution in [1.29, 1.82) is 0 Å². The summed E-state index contributed by atoms with van der Waals surface area (Å²) in [6, 6.07) is 8.91. The molecule has 1 aliphatic rings. The Morgan fingerprint density at radius 1 is 1.17 bits per heavy atom. The van der Waals surface area contributed by atoms with Crippen molar-refractivity contribution in [1.82, 2.24) is 15.1 Å². The molecule has 2 rings (SSSR count). The van der Waals surface area contributed by atoms with Crippen LogP contribution in [0.2, 0.25) is 0 Å². The number of hydrogen-bond donors (Lipinski definition) is 1. The standard InChI is InChI=1S/C22H38N4O2.HI/c1-5-25(6-2)16-20-9-7-19(8-10-20)15-24-22(23-3)26-12-11-21(17-26)18-28-14-13-27-4;/h7-10,21H,5-6,11-18H2,1-4H3,(H,23,24);1H. The Balaban J connectivity index is 0.00000420. The highest BCUT2D eigenvalue weighted by Gasteiger charge is 2.24. The molecule has 7 heteroatoms. The van der Waals surface area contributed by atoms with Crippen LogP contribution in [0.5, 0.6) is 0 Å². The van der Waals surface area contributed by atoms with E-state index in [2.05, 4.69) is 58.2 Å². The summed E-state index contributed by atoms with van der Waals surface area (Å²) in [7, 11) is 3.56. The van der Waals surface area contributed by atoms with E-state index in [0.29, 0.717) is 19.1 Å². The van der Waals surface area contributed by atoms with Crippen LogP contribution in [0.25, 0.3) is 0 Å². The van der Waals surface area contributed by atoms with Crippen molar-refractivity contribution in [2.24, 2.45) is 10.9 Å². The molecule has 0 aromatic heterocycles. The maximum absolute atomic E-state index is 5.69. The largest absolute Gasteiger partial charge is 0.382 e. The summed E-state index contributed by atoms with van der Waals surface area (Å²) in [5.74, 6) is 1.54. The van der Waals surface area contributed by atoms with E-state index in [1.807, 2.05) is 7.05 Å². The van der Waals surface area contributed by atoms with Crippen LogP contribution in [0.1, 0.15) is 31.4 Å². The van der Waals surface area contributed by atoms with E-state index in [9.17, 15) is 0 Å². The van der Waals surface area contributed by atoms with Gasteiger partial charge in [-0.1, -0.05) is 38.1 Å². The van der Waals surface area contributed by atoms with E-state index >= 15 is 0 Å². The van der Waals surface area contributed by atoms with E-state index in [-0.39, 0.29) is 24.0 Å². The number of benzene rings is 1. The lowest BCUT2D eigenvalue weighted by Crippen LogP contribution is -2.39. The van der Waals surface area contributed by atoms with Gasteiger partial charge in [0, 0.05) is 46.3 Å². The van der Waals surface area contributed by atoms with E-state index in [4.69, 9.17) is 9.47 Å². The van der Waals surface area contributed by atoms with Crippen LogP contribution in [-0.2, 0) is 22.6 Å². The predicted octanol–water partition coefficient (Wildman–Crippen LogP) is 3.21. The summed E-state index contributed by atoms with van der Waals surface area (Å²) in [6.45, 7) is 12.6. The molecule has 1 fully saturated rings. The molecule has 1 saturated heterocycles. The number of likely N-dealkylation sites (tertiary alicyclic amines) is 1. The molecule has 1 heterocycles. The summed E-state index contributed by atoms with van der Waals surface area (Å²) in [6.07, 6.45) is 1.15. The predicted molar refractivity (Wildman–Crippen MR) is 131 cm³/mol. The maximum Gasteiger partial charge on any atom is 0.193 e. The lowest BCUT2D eigenvalue weighted by Gasteiger charge is -2.22.